The number of carbonyl (C=O) groups is 1. The summed E-state index contributed by atoms with van der Waals surface area (Å²) in [5.74, 6) is -1.53. The minimum absolute atomic E-state index is 0.0249. The van der Waals surface area contributed by atoms with E-state index in [9.17, 15) is 18.7 Å². The third kappa shape index (κ3) is 4.54. The lowest BCUT2D eigenvalue weighted by Gasteiger charge is -2.13. The van der Waals surface area contributed by atoms with E-state index in [0.717, 1.165) is 5.56 Å². The van der Waals surface area contributed by atoms with Crippen molar-refractivity contribution in [2.24, 2.45) is 0 Å². The fourth-order valence-electron chi connectivity index (χ4n) is 2.93. The number of urea groups is 1. The van der Waals surface area contributed by atoms with E-state index in [0.29, 0.717) is 12.8 Å². The van der Waals surface area contributed by atoms with Gasteiger partial charge in [0.15, 0.2) is 0 Å². The molecule has 0 aliphatic heterocycles. The molecule has 0 radical (unpaired) electrons. The Bertz CT molecular complexity index is 719. The van der Waals surface area contributed by atoms with Crippen LogP contribution in [0.1, 0.15) is 23.5 Å². The third-order valence-electron chi connectivity index (χ3n) is 4.29. The summed E-state index contributed by atoms with van der Waals surface area (Å²) in [5, 5.41) is 15.2. The first kappa shape index (κ1) is 17.4. The molecule has 3 rings (SSSR count). The average molecular weight is 346 g/mol. The van der Waals surface area contributed by atoms with Crippen molar-refractivity contribution in [3.63, 3.8) is 0 Å². The van der Waals surface area contributed by atoms with E-state index < -0.39 is 23.8 Å². The van der Waals surface area contributed by atoms with Gasteiger partial charge in [0.2, 0.25) is 0 Å². The van der Waals surface area contributed by atoms with Gasteiger partial charge in [-0.3, -0.25) is 0 Å². The van der Waals surface area contributed by atoms with Gasteiger partial charge in [0, 0.05) is 30.5 Å². The molecule has 25 heavy (non-hydrogen) atoms. The molecule has 3 unspecified atom stereocenters. The number of amides is 2. The van der Waals surface area contributed by atoms with E-state index in [2.05, 4.69) is 10.6 Å². The summed E-state index contributed by atoms with van der Waals surface area (Å²) in [6.45, 7) is 0.103. The highest BCUT2D eigenvalue weighted by molar-refractivity contribution is 5.75. The lowest BCUT2D eigenvalue weighted by molar-refractivity contribution is 0.170. The second-order valence-electron chi connectivity index (χ2n) is 6.28. The lowest BCUT2D eigenvalue weighted by atomic mass is 10.1. The largest absolute Gasteiger partial charge is 0.391 e. The summed E-state index contributed by atoms with van der Waals surface area (Å²) in [5.41, 5.74) is 1.01. The molecule has 0 heterocycles. The molecule has 0 aromatic heterocycles. The van der Waals surface area contributed by atoms with Gasteiger partial charge in [0.05, 0.1) is 6.10 Å². The molecular formula is C19H20F2N2O2. The van der Waals surface area contributed by atoms with E-state index in [4.69, 9.17) is 0 Å². The van der Waals surface area contributed by atoms with Gasteiger partial charge in [-0.2, -0.15) is 0 Å². The molecule has 1 fully saturated rings. The van der Waals surface area contributed by atoms with Crippen LogP contribution in [0.15, 0.2) is 48.5 Å². The minimum Gasteiger partial charge on any atom is -0.391 e. The van der Waals surface area contributed by atoms with Crippen molar-refractivity contribution in [2.45, 2.75) is 30.9 Å². The number of hydrogen-bond donors (Lipinski definition) is 3. The second-order valence-corrected chi connectivity index (χ2v) is 6.28. The summed E-state index contributed by atoms with van der Waals surface area (Å²) >= 11 is 0. The van der Waals surface area contributed by atoms with Crippen molar-refractivity contribution < 1.29 is 18.7 Å². The lowest BCUT2D eigenvalue weighted by Crippen LogP contribution is -2.41. The van der Waals surface area contributed by atoms with Crippen LogP contribution in [0.3, 0.4) is 0 Å². The van der Waals surface area contributed by atoms with E-state index in [1.54, 1.807) is 0 Å². The van der Waals surface area contributed by atoms with Crippen molar-refractivity contribution in [3.05, 3.63) is 71.3 Å². The Morgan fingerprint density at radius 1 is 1.12 bits per heavy atom. The van der Waals surface area contributed by atoms with Gasteiger partial charge in [-0.1, -0.05) is 36.4 Å². The van der Waals surface area contributed by atoms with Gasteiger partial charge in [-0.15, -0.1) is 0 Å². The average Bonchev–Trinajstić information content (AvgIpc) is 3.32. The zero-order valence-electron chi connectivity index (χ0n) is 13.6. The Morgan fingerprint density at radius 2 is 1.80 bits per heavy atom. The topological polar surface area (TPSA) is 61.4 Å². The Hall–Kier alpha value is -2.47. The summed E-state index contributed by atoms with van der Waals surface area (Å²) < 4.78 is 27.4. The number of benzene rings is 2. The van der Waals surface area contributed by atoms with Crippen LogP contribution in [0.5, 0.6) is 0 Å². The SMILES string of the molecule is O=C(NCC(O)Cc1ccccc1)NC1CC1c1c(F)cccc1F. The zero-order valence-corrected chi connectivity index (χ0v) is 13.6. The van der Waals surface area contributed by atoms with Crippen molar-refractivity contribution in [3.8, 4) is 0 Å². The van der Waals surface area contributed by atoms with Gasteiger partial charge in [0.1, 0.15) is 11.6 Å². The van der Waals surface area contributed by atoms with Crippen LogP contribution >= 0.6 is 0 Å². The number of aliphatic hydroxyl groups excluding tert-OH is 1. The van der Waals surface area contributed by atoms with Crippen LogP contribution in [0.4, 0.5) is 13.6 Å². The Morgan fingerprint density at radius 3 is 2.48 bits per heavy atom. The van der Waals surface area contributed by atoms with Crippen LogP contribution in [-0.4, -0.2) is 29.8 Å². The van der Waals surface area contributed by atoms with Crippen molar-refractivity contribution in [2.75, 3.05) is 6.54 Å². The predicted molar refractivity (Wildman–Crippen MR) is 90.2 cm³/mol. The number of aliphatic hydroxyl groups is 1. The van der Waals surface area contributed by atoms with Gasteiger partial charge >= 0.3 is 6.03 Å². The van der Waals surface area contributed by atoms with E-state index in [-0.39, 0.29) is 24.1 Å². The molecule has 132 valence electrons. The van der Waals surface area contributed by atoms with Crippen LogP contribution in [-0.2, 0) is 6.42 Å². The first-order valence-electron chi connectivity index (χ1n) is 8.25. The second kappa shape index (κ2) is 7.61. The van der Waals surface area contributed by atoms with E-state index in [1.165, 1.54) is 18.2 Å². The maximum atomic E-state index is 13.7. The zero-order chi connectivity index (χ0) is 17.8. The molecule has 0 bridgehead atoms. The highest BCUT2D eigenvalue weighted by Gasteiger charge is 2.42. The number of nitrogens with one attached hydrogen (secondary N) is 2. The first-order valence-corrected chi connectivity index (χ1v) is 8.25. The van der Waals surface area contributed by atoms with Crippen molar-refractivity contribution in [1.82, 2.24) is 10.6 Å². The Kier molecular flexibility index (Phi) is 5.28. The van der Waals surface area contributed by atoms with E-state index in [1.807, 2.05) is 30.3 Å². The smallest absolute Gasteiger partial charge is 0.315 e. The molecule has 1 aliphatic rings. The standard InChI is InChI=1S/C19H20F2N2O2/c20-15-7-4-8-16(21)18(15)14-10-17(14)23-19(25)22-11-13(24)9-12-5-2-1-3-6-12/h1-8,13-14,17,24H,9-11H2,(H2,22,23,25). The molecule has 3 N–H and O–H groups in total. The molecule has 3 atom stereocenters. The molecule has 6 heteroatoms. The molecule has 1 saturated carbocycles. The van der Waals surface area contributed by atoms with Gasteiger partial charge in [-0.05, 0) is 24.1 Å². The molecule has 0 spiro atoms. The normalized spacial score (nSPS) is 20.0. The molecule has 1 aliphatic carbocycles. The van der Waals surface area contributed by atoms with Gasteiger partial charge in [-0.25, -0.2) is 13.6 Å². The summed E-state index contributed by atoms with van der Waals surface area (Å²) in [6.07, 6.45) is 0.234. The fourth-order valence-corrected chi connectivity index (χ4v) is 2.93. The van der Waals surface area contributed by atoms with Gasteiger partial charge in [0.25, 0.3) is 0 Å². The number of halogens is 2. The summed E-state index contributed by atoms with van der Waals surface area (Å²) in [7, 11) is 0. The highest BCUT2D eigenvalue weighted by Crippen LogP contribution is 2.42. The minimum atomic E-state index is -0.702. The maximum Gasteiger partial charge on any atom is 0.315 e. The van der Waals surface area contributed by atoms with Gasteiger partial charge < -0.3 is 15.7 Å². The first-order chi connectivity index (χ1) is 12.0. The quantitative estimate of drug-likeness (QED) is 0.753. The Balaban J connectivity index is 1.43. The monoisotopic (exact) mass is 346 g/mol. The maximum absolute atomic E-state index is 13.7. The Labute approximate surface area is 144 Å². The molecule has 2 aromatic carbocycles. The van der Waals surface area contributed by atoms with Crippen molar-refractivity contribution in [1.29, 1.82) is 0 Å². The predicted octanol–water partition coefficient (Wildman–Crippen LogP) is 2.72. The molecule has 2 amide bonds. The van der Waals surface area contributed by atoms with Crippen LogP contribution in [0, 0.1) is 11.6 Å². The van der Waals surface area contributed by atoms with Crippen LogP contribution in [0.25, 0.3) is 0 Å². The molecular weight excluding hydrogens is 326 g/mol. The van der Waals surface area contributed by atoms with Crippen molar-refractivity contribution >= 4 is 6.03 Å². The summed E-state index contributed by atoms with van der Waals surface area (Å²) in [6, 6.07) is 12.5. The van der Waals surface area contributed by atoms with E-state index >= 15 is 0 Å². The number of carbonyl (C=O) groups excluding carboxylic acids is 1. The molecule has 4 nitrogen and oxygen atoms in total. The molecule has 0 saturated heterocycles. The highest BCUT2D eigenvalue weighted by atomic mass is 19.1. The fraction of sp³-hybridized carbons (Fsp3) is 0.316. The van der Waals surface area contributed by atoms with Crippen LogP contribution < -0.4 is 10.6 Å². The third-order valence-corrected chi connectivity index (χ3v) is 4.29. The number of rotatable bonds is 6. The van der Waals surface area contributed by atoms with Crippen LogP contribution in [0.2, 0.25) is 0 Å². The molecule has 2 aromatic rings. The number of hydrogen-bond acceptors (Lipinski definition) is 2. The summed E-state index contributed by atoms with van der Waals surface area (Å²) in [4.78, 5) is 11.9.